The SMILES string of the molecule is O=C(Nc1ccccc1)c1ccccc1S(=O)(=O)n1c(=O)[nH]c2cc(Cl)ccc2c1=O. The van der Waals surface area contributed by atoms with E-state index in [1.807, 2.05) is 0 Å². The third-order valence-corrected chi connectivity index (χ3v) is 6.46. The summed E-state index contributed by atoms with van der Waals surface area (Å²) in [6.07, 6.45) is 0. The molecule has 0 fully saturated rings. The second kappa shape index (κ2) is 7.86. The van der Waals surface area contributed by atoms with Crippen molar-refractivity contribution in [3.63, 3.8) is 0 Å². The molecule has 0 aliphatic rings. The summed E-state index contributed by atoms with van der Waals surface area (Å²) < 4.78 is 26.7. The lowest BCUT2D eigenvalue weighted by atomic mass is 10.2. The fraction of sp³-hybridized carbons (Fsp3) is 0. The van der Waals surface area contributed by atoms with E-state index >= 15 is 0 Å². The lowest BCUT2D eigenvalue weighted by Crippen LogP contribution is -2.40. The molecule has 0 saturated carbocycles. The van der Waals surface area contributed by atoms with Gasteiger partial charge in [-0.05, 0) is 42.5 Å². The van der Waals surface area contributed by atoms with Crippen molar-refractivity contribution in [1.82, 2.24) is 8.96 Å². The summed E-state index contributed by atoms with van der Waals surface area (Å²) in [7, 11) is -4.70. The summed E-state index contributed by atoms with van der Waals surface area (Å²) in [5.74, 6) is -0.706. The molecule has 0 atom stereocenters. The van der Waals surface area contributed by atoms with Crippen LogP contribution in [-0.4, -0.2) is 23.3 Å². The summed E-state index contributed by atoms with van der Waals surface area (Å²) in [5, 5.41) is 2.82. The predicted octanol–water partition coefficient (Wildman–Crippen LogP) is 2.83. The zero-order valence-electron chi connectivity index (χ0n) is 15.7. The summed E-state index contributed by atoms with van der Waals surface area (Å²) >= 11 is 5.88. The Bertz CT molecular complexity index is 1540. The third-order valence-electron chi connectivity index (χ3n) is 4.50. The molecule has 1 aromatic heterocycles. The summed E-state index contributed by atoms with van der Waals surface area (Å²) in [6, 6.07) is 17.9. The number of carbonyl (C=O) groups excluding carboxylic acids is 1. The second-order valence-electron chi connectivity index (χ2n) is 6.51. The molecular formula is C21H14ClN3O5S. The van der Waals surface area contributed by atoms with E-state index in [1.165, 1.54) is 36.4 Å². The smallest absolute Gasteiger partial charge is 0.322 e. The first-order valence-corrected chi connectivity index (χ1v) is 10.8. The number of benzene rings is 3. The minimum atomic E-state index is -4.70. The van der Waals surface area contributed by atoms with E-state index in [-0.39, 0.29) is 25.5 Å². The van der Waals surface area contributed by atoms with Crippen LogP contribution in [0.5, 0.6) is 0 Å². The number of anilines is 1. The lowest BCUT2D eigenvalue weighted by Gasteiger charge is -2.12. The number of carbonyl (C=O) groups is 1. The van der Waals surface area contributed by atoms with Gasteiger partial charge in [-0.25, -0.2) is 13.2 Å². The van der Waals surface area contributed by atoms with Crippen molar-refractivity contribution < 1.29 is 13.2 Å². The first kappa shape index (κ1) is 20.6. The molecule has 1 heterocycles. The fourth-order valence-corrected chi connectivity index (χ4v) is 4.73. The molecule has 2 N–H and O–H groups in total. The molecule has 31 heavy (non-hydrogen) atoms. The Kier molecular flexibility index (Phi) is 5.22. The van der Waals surface area contributed by atoms with Gasteiger partial charge >= 0.3 is 5.69 Å². The minimum absolute atomic E-state index is 0.0428. The first-order valence-electron chi connectivity index (χ1n) is 8.94. The van der Waals surface area contributed by atoms with Crippen LogP contribution in [0, 0.1) is 0 Å². The van der Waals surface area contributed by atoms with E-state index in [0.717, 1.165) is 6.07 Å². The highest BCUT2D eigenvalue weighted by Crippen LogP contribution is 2.20. The molecule has 10 heteroatoms. The molecule has 0 bridgehead atoms. The quantitative estimate of drug-likeness (QED) is 0.490. The monoisotopic (exact) mass is 455 g/mol. The fourth-order valence-electron chi connectivity index (χ4n) is 3.09. The Hall–Kier alpha value is -3.69. The number of H-pyrrole nitrogens is 1. The van der Waals surface area contributed by atoms with Crippen LogP contribution in [0.3, 0.4) is 0 Å². The number of rotatable bonds is 4. The highest BCUT2D eigenvalue weighted by atomic mass is 35.5. The van der Waals surface area contributed by atoms with Gasteiger partial charge in [0.25, 0.3) is 21.5 Å². The van der Waals surface area contributed by atoms with E-state index in [1.54, 1.807) is 30.3 Å². The van der Waals surface area contributed by atoms with Gasteiger partial charge in [-0.3, -0.25) is 9.59 Å². The van der Waals surface area contributed by atoms with Gasteiger partial charge in [0.1, 0.15) is 4.90 Å². The van der Waals surface area contributed by atoms with Gasteiger partial charge in [0.15, 0.2) is 0 Å². The van der Waals surface area contributed by atoms with Crippen molar-refractivity contribution in [2.24, 2.45) is 0 Å². The van der Waals surface area contributed by atoms with Crippen molar-refractivity contribution in [1.29, 1.82) is 0 Å². The topological polar surface area (TPSA) is 118 Å². The third kappa shape index (κ3) is 3.76. The van der Waals surface area contributed by atoms with Crippen LogP contribution in [-0.2, 0) is 10.0 Å². The number of hydrogen-bond acceptors (Lipinski definition) is 5. The maximum absolute atomic E-state index is 13.3. The molecular weight excluding hydrogens is 442 g/mol. The molecule has 0 aliphatic carbocycles. The highest BCUT2D eigenvalue weighted by Gasteiger charge is 2.28. The zero-order valence-corrected chi connectivity index (χ0v) is 17.3. The van der Waals surface area contributed by atoms with E-state index in [4.69, 9.17) is 11.6 Å². The van der Waals surface area contributed by atoms with Gasteiger partial charge < -0.3 is 10.3 Å². The summed E-state index contributed by atoms with van der Waals surface area (Å²) in [6.45, 7) is 0. The number of aromatic nitrogens is 2. The first-order chi connectivity index (χ1) is 14.8. The van der Waals surface area contributed by atoms with Crippen LogP contribution >= 0.6 is 11.6 Å². The van der Waals surface area contributed by atoms with Gasteiger partial charge in [-0.1, -0.05) is 41.9 Å². The van der Waals surface area contributed by atoms with Gasteiger partial charge in [-0.2, -0.15) is 0 Å². The highest BCUT2D eigenvalue weighted by molar-refractivity contribution is 7.90. The van der Waals surface area contributed by atoms with Crippen LogP contribution in [0.1, 0.15) is 10.4 Å². The van der Waals surface area contributed by atoms with Crippen molar-refractivity contribution in [2.75, 3.05) is 5.32 Å². The molecule has 4 aromatic rings. The molecule has 156 valence electrons. The molecule has 0 spiro atoms. The van der Waals surface area contributed by atoms with Crippen molar-refractivity contribution in [3.8, 4) is 0 Å². The molecule has 3 aromatic carbocycles. The van der Waals surface area contributed by atoms with E-state index in [9.17, 15) is 22.8 Å². The average Bonchev–Trinajstić information content (AvgIpc) is 2.74. The predicted molar refractivity (Wildman–Crippen MR) is 117 cm³/mol. The standard InChI is InChI=1S/C21H14ClN3O5S/c22-13-10-11-15-17(12-13)24-21(28)25(20(15)27)31(29,30)18-9-5-4-8-16(18)19(26)23-14-6-2-1-3-7-14/h1-12H,(H,23,26)(H,24,28). The number of para-hydroxylation sites is 1. The molecule has 4 rings (SSSR count). The van der Waals surface area contributed by atoms with Gasteiger partial charge in [-0.15, -0.1) is 3.97 Å². The largest absolute Gasteiger partial charge is 0.343 e. The Morgan fingerprint density at radius 3 is 2.35 bits per heavy atom. The number of amides is 1. The van der Waals surface area contributed by atoms with E-state index in [2.05, 4.69) is 10.3 Å². The second-order valence-corrected chi connectivity index (χ2v) is 8.70. The van der Waals surface area contributed by atoms with Gasteiger partial charge in [0, 0.05) is 10.7 Å². The van der Waals surface area contributed by atoms with Crippen molar-refractivity contribution >= 4 is 44.1 Å². The number of fused-ring (bicyclic) bond motifs is 1. The van der Waals surface area contributed by atoms with Gasteiger partial charge in [0.2, 0.25) is 0 Å². The van der Waals surface area contributed by atoms with Crippen LogP contribution in [0.25, 0.3) is 10.9 Å². The Morgan fingerprint density at radius 2 is 1.61 bits per heavy atom. The van der Waals surface area contributed by atoms with Crippen molar-refractivity contribution in [3.05, 3.63) is 104 Å². The number of nitrogens with zero attached hydrogens (tertiary/aromatic N) is 1. The number of halogens is 1. The van der Waals surface area contributed by atoms with Gasteiger partial charge in [0.05, 0.1) is 16.5 Å². The average molecular weight is 456 g/mol. The zero-order chi connectivity index (χ0) is 22.2. The Labute approximate surface area is 180 Å². The maximum Gasteiger partial charge on any atom is 0.343 e. The van der Waals surface area contributed by atoms with Crippen LogP contribution in [0.2, 0.25) is 5.02 Å². The van der Waals surface area contributed by atoms with Crippen LogP contribution in [0.15, 0.2) is 87.3 Å². The summed E-state index contributed by atoms with van der Waals surface area (Å²) in [4.78, 5) is 40.0. The lowest BCUT2D eigenvalue weighted by molar-refractivity contribution is 0.102. The van der Waals surface area contributed by atoms with E-state index < -0.39 is 32.1 Å². The number of aromatic amines is 1. The maximum atomic E-state index is 13.3. The van der Waals surface area contributed by atoms with Crippen LogP contribution in [0.4, 0.5) is 5.69 Å². The molecule has 0 radical (unpaired) electrons. The number of hydrogen-bond donors (Lipinski definition) is 2. The minimum Gasteiger partial charge on any atom is -0.322 e. The molecule has 0 unspecified atom stereocenters. The molecule has 8 nitrogen and oxygen atoms in total. The van der Waals surface area contributed by atoms with E-state index in [0.29, 0.717) is 5.69 Å². The number of nitrogens with one attached hydrogen (secondary N) is 2. The van der Waals surface area contributed by atoms with Crippen LogP contribution < -0.4 is 16.6 Å². The molecule has 1 amide bonds. The molecule has 0 aliphatic heterocycles. The molecule has 0 saturated heterocycles. The Balaban J connectivity index is 1.88. The van der Waals surface area contributed by atoms with Crippen molar-refractivity contribution in [2.45, 2.75) is 4.90 Å². The summed E-state index contributed by atoms with van der Waals surface area (Å²) in [5.41, 5.74) is -1.87. The Morgan fingerprint density at radius 1 is 0.935 bits per heavy atom. The normalized spacial score (nSPS) is 11.4.